The van der Waals surface area contributed by atoms with E-state index in [4.69, 9.17) is 9.84 Å². The molecule has 1 aliphatic heterocycles. The van der Waals surface area contributed by atoms with Crippen LogP contribution in [-0.4, -0.2) is 36.2 Å². The van der Waals surface area contributed by atoms with E-state index in [1.165, 1.54) is 0 Å². The first kappa shape index (κ1) is 14.3. The predicted octanol–water partition coefficient (Wildman–Crippen LogP) is 1.23. The zero-order valence-corrected chi connectivity index (χ0v) is 11.1. The fourth-order valence-electron chi connectivity index (χ4n) is 2.08. The number of carbonyl (C=O) groups is 2. The lowest BCUT2D eigenvalue weighted by Crippen LogP contribution is -2.43. The van der Waals surface area contributed by atoms with Gasteiger partial charge in [0.2, 0.25) is 5.91 Å². The number of anilines is 1. The van der Waals surface area contributed by atoms with Crippen LogP contribution in [0, 0.1) is 0 Å². The van der Waals surface area contributed by atoms with E-state index in [1.54, 1.807) is 24.3 Å². The highest BCUT2D eigenvalue weighted by Gasteiger charge is 2.20. The molecule has 1 saturated heterocycles. The topological polar surface area (TPSA) is 87.7 Å². The van der Waals surface area contributed by atoms with E-state index in [1.807, 2.05) is 0 Å². The molecule has 6 heteroatoms. The van der Waals surface area contributed by atoms with Crippen LogP contribution in [0.3, 0.4) is 0 Å². The summed E-state index contributed by atoms with van der Waals surface area (Å²) in [7, 11) is 0. The van der Waals surface area contributed by atoms with Crippen LogP contribution in [0.5, 0.6) is 5.75 Å². The molecule has 1 aromatic rings. The smallest absolute Gasteiger partial charge is 0.341 e. The summed E-state index contributed by atoms with van der Waals surface area (Å²) in [5, 5.41) is 14.5. The fourth-order valence-corrected chi connectivity index (χ4v) is 2.08. The Morgan fingerprint density at radius 3 is 2.65 bits per heavy atom. The zero-order chi connectivity index (χ0) is 14.4. The minimum absolute atomic E-state index is 0.0381. The number of rotatable bonds is 5. The molecule has 0 radical (unpaired) electrons. The molecule has 0 aliphatic carbocycles. The molecule has 0 aromatic heterocycles. The lowest BCUT2D eigenvalue weighted by atomic mass is 10.0. The second kappa shape index (κ2) is 6.91. The SMILES string of the molecule is O=C(O)COc1ccc(NC(=O)[C@@H]2CCCCN2)cc1. The molecule has 1 heterocycles. The second-order valence-electron chi connectivity index (χ2n) is 4.70. The third-order valence-electron chi connectivity index (χ3n) is 3.11. The Labute approximate surface area is 117 Å². The van der Waals surface area contributed by atoms with Crippen LogP contribution in [0.2, 0.25) is 0 Å². The molecule has 0 saturated carbocycles. The van der Waals surface area contributed by atoms with Gasteiger partial charge in [-0.2, -0.15) is 0 Å². The molecule has 1 fully saturated rings. The van der Waals surface area contributed by atoms with Gasteiger partial charge in [-0.25, -0.2) is 4.79 Å². The Bertz CT molecular complexity index is 467. The van der Waals surface area contributed by atoms with Crippen molar-refractivity contribution in [3.63, 3.8) is 0 Å². The standard InChI is InChI=1S/C14H18N2O4/c17-13(18)9-20-11-6-4-10(5-7-11)16-14(19)12-3-1-2-8-15-12/h4-7,12,15H,1-3,8-9H2,(H,16,19)(H,17,18)/t12-/m0/s1. The summed E-state index contributed by atoms with van der Waals surface area (Å²) in [6, 6.07) is 6.52. The fraction of sp³-hybridized carbons (Fsp3) is 0.429. The van der Waals surface area contributed by atoms with Crippen molar-refractivity contribution in [1.29, 1.82) is 0 Å². The molecule has 6 nitrogen and oxygen atoms in total. The quantitative estimate of drug-likeness (QED) is 0.754. The maximum atomic E-state index is 12.0. The summed E-state index contributed by atoms with van der Waals surface area (Å²) in [4.78, 5) is 22.4. The van der Waals surface area contributed by atoms with Crippen LogP contribution >= 0.6 is 0 Å². The highest BCUT2D eigenvalue weighted by Crippen LogP contribution is 2.16. The van der Waals surface area contributed by atoms with Gasteiger partial charge in [-0.3, -0.25) is 4.79 Å². The van der Waals surface area contributed by atoms with E-state index in [9.17, 15) is 9.59 Å². The number of piperidine rings is 1. The monoisotopic (exact) mass is 278 g/mol. The number of nitrogens with one attached hydrogen (secondary N) is 2. The maximum Gasteiger partial charge on any atom is 0.341 e. The number of carboxylic acids is 1. The van der Waals surface area contributed by atoms with Gasteiger partial charge in [-0.05, 0) is 43.7 Å². The number of ether oxygens (including phenoxy) is 1. The number of carbonyl (C=O) groups excluding carboxylic acids is 1. The highest BCUT2D eigenvalue weighted by atomic mass is 16.5. The predicted molar refractivity (Wildman–Crippen MR) is 73.8 cm³/mol. The molecule has 0 spiro atoms. The molecule has 0 bridgehead atoms. The van der Waals surface area contributed by atoms with Crippen molar-refractivity contribution in [2.24, 2.45) is 0 Å². The summed E-state index contributed by atoms with van der Waals surface area (Å²) in [5.74, 6) is -0.601. The van der Waals surface area contributed by atoms with Crippen molar-refractivity contribution in [3.05, 3.63) is 24.3 Å². The Morgan fingerprint density at radius 1 is 1.30 bits per heavy atom. The van der Waals surface area contributed by atoms with E-state index in [-0.39, 0.29) is 18.6 Å². The van der Waals surface area contributed by atoms with Gasteiger partial charge in [0.25, 0.3) is 0 Å². The van der Waals surface area contributed by atoms with E-state index >= 15 is 0 Å². The van der Waals surface area contributed by atoms with Crippen molar-refractivity contribution in [2.45, 2.75) is 25.3 Å². The Morgan fingerprint density at radius 2 is 2.05 bits per heavy atom. The highest BCUT2D eigenvalue weighted by molar-refractivity contribution is 5.94. The first-order valence-electron chi connectivity index (χ1n) is 6.64. The van der Waals surface area contributed by atoms with Crippen molar-refractivity contribution in [2.75, 3.05) is 18.5 Å². The lowest BCUT2D eigenvalue weighted by Gasteiger charge is -2.22. The summed E-state index contributed by atoms with van der Waals surface area (Å²) in [6.45, 7) is 0.498. The van der Waals surface area contributed by atoms with Gasteiger partial charge in [-0.1, -0.05) is 6.42 Å². The third kappa shape index (κ3) is 4.24. The normalized spacial score (nSPS) is 18.3. The first-order valence-corrected chi connectivity index (χ1v) is 6.64. The van der Waals surface area contributed by atoms with Crippen molar-refractivity contribution in [3.8, 4) is 5.75 Å². The average molecular weight is 278 g/mol. The van der Waals surface area contributed by atoms with Gasteiger partial charge < -0.3 is 20.5 Å². The van der Waals surface area contributed by atoms with Crippen LogP contribution in [0.4, 0.5) is 5.69 Å². The second-order valence-corrected chi connectivity index (χ2v) is 4.70. The molecule has 1 amide bonds. The Hall–Kier alpha value is -2.08. The van der Waals surface area contributed by atoms with Crippen LogP contribution < -0.4 is 15.4 Å². The van der Waals surface area contributed by atoms with E-state index in [0.29, 0.717) is 11.4 Å². The number of carboxylic acid groups (broad SMARTS) is 1. The summed E-state index contributed by atoms with van der Waals surface area (Å²) in [6.07, 6.45) is 3.03. The van der Waals surface area contributed by atoms with Crippen LogP contribution in [0.25, 0.3) is 0 Å². The Balaban J connectivity index is 1.86. The number of benzene rings is 1. The van der Waals surface area contributed by atoms with Gasteiger partial charge in [0.05, 0.1) is 6.04 Å². The van der Waals surface area contributed by atoms with Gasteiger partial charge in [-0.15, -0.1) is 0 Å². The molecule has 108 valence electrons. The van der Waals surface area contributed by atoms with E-state index in [2.05, 4.69) is 10.6 Å². The molecule has 20 heavy (non-hydrogen) atoms. The number of hydrogen-bond acceptors (Lipinski definition) is 4. The molecule has 2 rings (SSSR count). The van der Waals surface area contributed by atoms with Gasteiger partial charge in [0.15, 0.2) is 6.61 Å². The molecule has 3 N–H and O–H groups in total. The van der Waals surface area contributed by atoms with Gasteiger partial charge >= 0.3 is 5.97 Å². The Kier molecular flexibility index (Phi) is 4.95. The van der Waals surface area contributed by atoms with Crippen molar-refractivity contribution < 1.29 is 19.4 Å². The summed E-state index contributed by atoms with van der Waals surface area (Å²) >= 11 is 0. The molecule has 1 atom stereocenters. The minimum atomic E-state index is -1.02. The van der Waals surface area contributed by atoms with Crippen molar-refractivity contribution >= 4 is 17.6 Å². The average Bonchev–Trinajstić information content (AvgIpc) is 2.47. The van der Waals surface area contributed by atoms with Crippen LogP contribution in [0.15, 0.2) is 24.3 Å². The number of hydrogen-bond donors (Lipinski definition) is 3. The molecule has 1 aliphatic rings. The van der Waals surface area contributed by atoms with E-state index < -0.39 is 5.97 Å². The number of amides is 1. The molecule has 0 unspecified atom stereocenters. The van der Waals surface area contributed by atoms with Gasteiger partial charge in [0.1, 0.15) is 5.75 Å². The summed E-state index contributed by atoms with van der Waals surface area (Å²) in [5.41, 5.74) is 0.671. The van der Waals surface area contributed by atoms with E-state index in [0.717, 1.165) is 25.8 Å². The molecular weight excluding hydrogens is 260 g/mol. The van der Waals surface area contributed by atoms with Crippen molar-refractivity contribution in [1.82, 2.24) is 5.32 Å². The summed E-state index contributed by atoms with van der Waals surface area (Å²) < 4.78 is 5.02. The maximum absolute atomic E-state index is 12.0. The van der Waals surface area contributed by atoms with Crippen LogP contribution in [-0.2, 0) is 9.59 Å². The first-order chi connectivity index (χ1) is 9.65. The lowest BCUT2D eigenvalue weighted by molar-refractivity contribution is -0.139. The third-order valence-corrected chi connectivity index (χ3v) is 3.11. The largest absolute Gasteiger partial charge is 0.482 e. The number of aliphatic carboxylic acids is 1. The zero-order valence-electron chi connectivity index (χ0n) is 11.1. The van der Waals surface area contributed by atoms with Gasteiger partial charge in [0, 0.05) is 5.69 Å². The van der Waals surface area contributed by atoms with Crippen LogP contribution in [0.1, 0.15) is 19.3 Å². The molecule has 1 aromatic carbocycles. The molecular formula is C14H18N2O4. The minimum Gasteiger partial charge on any atom is -0.482 e.